The van der Waals surface area contributed by atoms with Gasteiger partial charge in [-0.15, -0.1) is 0 Å². The van der Waals surface area contributed by atoms with Crippen molar-refractivity contribution in [1.82, 2.24) is 4.90 Å². The molecule has 1 amide bonds. The second-order valence-corrected chi connectivity index (χ2v) is 5.87. The van der Waals surface area contributed by atoms with Crippen LogP contribution in [0.25, 0.3) is 0 Å². The van der Waals surface area contributed by atoms with E-state index in [1.165, 1.54) is 12.1 Å². The Kier molecular flexibility index (Phi) is 4.93. The van der Waals surface area contributed by atoms with Gasteiger partial charge in [0.2, 0.25) is 5.91 Å². The van der Waals surface area contributed by atoms with Crippen molar-refractivity contribution in [1.29, 1.82) is 0 Å². The van der Waals surface area contributed by atoms with Crippen molar-refractivity contribution in [3.63, 3.8) is 0 Å². The number of carbonyl (C=O) groups excluding carboxylic acids is 1. The summed E-state index contributed by atoms with van der Waals surface area (Å²) in [6, 6.07) is 5.69. The van der Waals surface area contributed by atoms with Gasteiger partial charge in [-0.3, -0.25) is 4.79 Å². The van der Waals surface area contributed by atoms with E-state index in [1.807, 2.05) is 13.8 Å². The van der Waals surface area contributed by atoms with Crippen LogP contribution in [0, 0.1) is 0 Å². The molecule has 3 nitrogen and oxygen atoms in total. The Bertz CT molecular complexity index is 505. The van der Waals surface area contributed by atoms with Crippen molar-refractivity contribution in [2.45, 2.75) is 57.7 Å². The van der Waals surface area contributed by atoms with Crippen LogP contribution in [0.15, 0.2) is 24.3 Å². The first-order valence-corrected chi connectivity index (χ1v) is 7.36. The predicted octanol–water partition coefficient (Wildman–Crippen LogP) is 3.41. The van der Waals surface area contributed by atoms with Crippen LogP contribution in [-0.2, 0) is 4.79 Å². The summed E-state index contributed by atoms with van der Waals surface area (Å²) in [5, 5.41) is 0. The molecule has 0 spiro atoms. The molecule has 0 aromatic heterocycles. The number of hydrogen-bond acceptors (Lipinski definition) is 2. The van der Waals surface area contributed by atoms with Crippen LogP contribution >= 0.6 is 0 Å². The zero-order valence-electron chi connectivity index (χ0n) is 12.4. The average Bonchev–Trinajstić information content (AvgIpc) is 2.57. The quantitative estimate of drug-likeness (QED) is 0.929. The van der Waals surface area contributed by atoms with Gasteiger partial charge in [-0.2, -0.15) is 0 Å². The molecule has 0 saturated carbocycles. The molecular formula is C16H22F2N2O. The fourth-order valence-electron chi connectivity index (χ4n) is 3.03. The second-order valence-electron chi connectivity index (χ2n) is 5.87. The van der Waals surface area contributed by atoms with Crippen LogP contribution < -0.4 is 5.73 Å². The van der Waals surface area contributed by atoms with E-state index in [0.717, 1.165) is 12.8 Å². The molecule has 116 valence electrons. The van der Waals surface area contributed by atoms with Crippen molar-refractivity contribution in [2.24, 2.45) is 5.73 Å². The summed E-state index contributed by atoms with van der Waals surface area (Å²) >= 11 is 0. The lowest BCUT2D eigenvalue weighted by atomic mass is 9.94. The smallest absolute Gasteiger partial charge is 0.263 e. The first kappa shape index (κ1) is 15.9. The molecule has 0 radical (unpaired) electrons. The average molecular weight is 296 g/mol. The number of halogens is 2. The molecule has 21 heavy (non-hydrogen) atoms. The molecule has 1 saturated heterocycles. The number of nitrogens with two attached hydrogens (primary N) is 1. The van der Waals surface area contributed by atoms with E-state index in [4.69, 9.17) is 5.73 Å². The number of nitrogens with zero attached hydrogens (tertiary/aromatic N) is 1. The zero-order valence-corrected chi connectivity index (χ0v) is 12.4. The Labute approximate surface area is 124 Å². The van der Waals surface area contributed by atoms with E-state index >= 15 is 0 Å². The third-order valence-corrected chi connectivity index (χ3v) is 3.98. The van der Waals surface area contributed by atoms with Gasteiger partial charge >= 0.3 is 0 Å². The van der Waals surface area contributed by atoms with E-state index in [0.29, 0.717) is 12.0 Å². The first-order valence-electron chi connectivity index (χ1n) is 7.36. The van der Waals surface area contributed by atoms with Crippen molar-refractivity contribution >= 4 is 5.91 Å². The van der Waals surface area contributed by atoms with Gasteiger partial charge in [-0.05, 0) is 38.3 Å². The number of benzene rings is 1. The maximum Gasteiger partial charge on any atom is 0.263 e. The van der Waals surface area contributed by atoms with Crippen molar-refractivity contribution < 1.29 is 13.6 Å². The summed E-state index contributed by atoms with van der Waals surface area (Å²) in [5.74, 6) is 0.0467. The lowest BCUT2D eigenvalue weighted by Gasteiger charge is -2.37. The van der Waals surface area contributed by atoms with E-state index in [2.05, 4.69) is 0 Å². The Morgan fingerprint density at radius 2 is 2.05 bits per heavy atom. The van der Waals surface area contributed by atoms with Crippen LogP contribution in [-0.4, -0.2) is 22.9 Å². The fraction of sp³-hybridized carbons (Fsp3) is 0.562. The largest absolute Gasteiger partial charge is 0.332 e. The summed E-state index contributed by atoms with van der Waals surface area (Å²) in [5.41, 5.74) is 6.92. The van der Waals surface area contributed by atoms with Crippen LogP contribution in [0.2, 0.25) is 0 Å². The van der Waals surface area contributed by atoms with Gasteiger partial charge in [0.1, 0.15) is 0 Å². The van der Waals surface area contributed by atoms with E-state index < -0.39 is 6.43 Å². The van der Waals surface area contributed by atoms with Crippen molar-refractivity contribution in [3.05, 3.63) is 35.4 Å². The molecule has 1 aliphatic rings. The standard InChI is InChI=1S/C16H22F2N2O/c1-10(2)20-14(21)8-4-7-13(19)15(20)11-5-3-6-12(9-11)16(17)18/h3,5-6,9-10,13,15-16H,4,7-8,19H2,1-2H3. The highest BCUT2D eigenvalue weighted by Gasteiger charge is 2.34. The predicted molar refractivity (Wildman–Crippen MR) is 77.9 cm³/mol. The van der Waals surface area contributed by atoms with Crippen LogP contribution in [0.5, 0.6) is 0 Å². The SMILES string of the molecule is CC(C)N1C(=O)CCCC(N)C1c1cccc(C(F)F)c1. The van der Waals surface area contributed by atoms with Gasteiger partial charge in [0.15, 0.2) is 0 Å². The summed E-state index contributed by atoms with van der Waals surface area (Å²) in [7, 11) is 0. The normalized spacial score (nSPS) is 23.8. The summed E-state index contributed by atoms with van der Waals surface area (Å²) in [6.07, 6.45) is -0.584. The third-order valence-electron chi connectivity index (χ3n) is 3.98. The van der Waals surface area contributed by atoms with Gasteiger partial charge < -0.3 is 10.6 Å². The van der Waals surface area contributed by atoms with Crippen molar-refractivity contribution in [3.8, 4) is 0 Å². The highest BCUT2D eigenvalue weighted by Crippen LogP contribution is 2.33. The van der Waals surface area contributed by atoms with Crippen LogP contribution in [0.1, 0.15) is 56.7 Å². The van der Waals surface area contributed by atoms with Gasteiger partial charge in [-0.25, -0.2) is 8.78 Å². The molecule has 1 heterocycles. The van der Waals surface area contributed by atoms with Crippen molar-refractivity contribution in [2.75, 3.05) is 0 Å². The molecule has 5 heteroatoms. The fourth-order valence-corrected chi connectivity index (χ4v) is 3.03. The third kappa shape index (κ3) is 3.40. The number of alkyl halides is 2. The van der Waals surface area contributed by atoms with E-state index in [9.17, 15) is 13.6 Å². The molecule has 0 aliphatic carbocycles. The van der Waals surface area contributed by atoms with E-state index in [-0.39, 0.29) is 29.6 Å². The minimum atomic E-state index is -2.52. The molecule has 2 atom stereocenters. The van der Waals surface area contributed by atoms with Gasteiger partial charge in [0.25, 0.3) is 6.43 Å². The maximum absolute atomic E-state index is 12.9. The molecule has 2 rings (SSSR count). The second kappa shape index (κ2) is 6.52. The van der Waals surface area contributed by atoms with Gasteiger partial charge in [0, 0.05) is 24.1 Å². The van der Waals surface area contributed by atoms with Gasteiger partial charge in [-0.1, -0.05) is 18.2 Å². The maximum atomic E-state index is 12.9. The lowest BCUT2D eigenvalue weighted by molar-refractivity contribution is -0.135. The van der Waals surface area contributed by atoms with Crippen LogP contribution in [0.4, 0.5) is 8.78 Å². The Morgan fingerprint density at radius 1 is 1.33 bits per heavy atom. The number of hydrogen-bond donors (Lipinski definition) is 1. The number of likely N-dealkylation sites (tertiary alicyclic amines) is 1. The lowest BCUT2D eigenvalue weighted by Crippen LogP contribution is -2.45. The Hall–Kier alpha value is -1.49. The molecule has 1 fully saturated rings. The zero-order chi connectivity index (χ0) is 15.6. The van der Waals surface area contributed by atoms with E-state index in [1.54, 1.807) is 17.0 Å². The Morgan fingerprint density at radius 3 is 2.67 bits per heavy atom. The molecule has 1 aliphatic heterocycles. The molecule has 1 aromatic rings. The monoisotopic (exact) mass is 296 g/mol. The molecular weight excluding hydrogens is 274 g/mol. The topological polar surface area (TPSA) is 46.3 Å². The minimum absolute atomic E-state index is 0.0122. The first-order chi connectivity index (χ1) is 9.91. The summed E-state index contributed by atoms with van der Waals surface area (Å²) in [6.45, 7) is 3.86. The number of rotatable bonds is 3. The molecule has 2 N–H and O–H groups in total. The highest BCUT2D eigenvalue weighted by molar-refractivity contribution is 5.77. The number of carbonyl (C=O) groups is 1. The van der Waals surface area contributed by atoms with Gasteiger partial charge in [0.05, 0.1) is 6.04 Å². The Balaban J connectivity index is 2.44. The minimum Gasteiger partial charge on any atom is -0.332 e. The van der Waals surface area contributed by atoms with Crippen LogP contribution in [0.3, 0.4) is 0 Å². The molecule has 2 unspecified atom stereocenters. The molecule has 1 aromatic carbocycles. The summed E-state index contributed by atoms with van der Waals surface area (Å²) < 4.78 is 25.8. The number of amides is 1. The molecule has 0 bridgehead atoms. The highest BCUT2D eigenvalue weighted by atomic mass is 19.3. The summed E-state index contributed by atoms with van der Waals surface area (Å²) in [4.78, 5) is 14.1.